The zero-order chi connectivity index (χ0) is 29.3. The highest BCUT2D eigenvalue weighted by Gasteiger charge is 2.42. The van der Waals surface area contributed by atoms with Crippen LogP contribution >= 0.6 is 11.3 Å². The second-order valence-electron chi connectivity index (χ2n) is 12.3. The Balaban J connectivity index is 1.17. The maximum absolute atomic E-state index is 2.53. The van der Waals surface area contributed by atoms with E-state index in [0.717, 1.165) is 0 Å². The van der Waals surface area contributed by atoms with E-state index in [4.69, 9.17) is 0 Å². The Morgan fingerprint density at radius 3 is 1.91 bits per heavy atom. The molecule has 0 fully saturated rings. The van der Waals surface area contributed by atoms with Crippen LogP contribution in [0.15, 0.2) is 158 Å². The van der Waals surface area contributed by atoms with Crippen molar-refractivity contribution in [1.82, 2.24) is 0 Å². The van der Waals surface area contributed by atoms with Crippen LogP contribution in [-0.2, 0) is 5.41 Å². The van der Waals surface area contributed by atoms with Gasteiger partial charge in [-0.3, -0.25) is 0 Å². The zero-order valence-electron chi connectivity index (χ0n) is 24.5. The lowest BCUT2D eigenvalue weighted by atomic mass is 9.60. The van der Waals surface area contributed by atoms with Gasteiger partial charge in [-0.15, -0.1) is 11.3 Å². The molecule has 0 saturated carbocycles. The molecule has 208 valence electrons. The summed E-state index contributed by atoms with van der Waals surface area (Å²) in [6, 6.07) is 51.3. The van der Waals surface area contributed by atoms with Crippen LogP contribution in [0, 0.1) is 0 Å². The second-order valence-corrected chi connectivity index (χ2v) is 13.3. The van der Waals surface area contributed by atoms with Gasteiger partial charge in [0.05, 0.1) is 0 Å². The van der Waals surface area contributed by atoms with Crippen molar-refractivity contribution in [1.29, 1.82) is 0 Å². The molecule has 7 aromatic rings. The minimum absolute atomic E-state index is 0.121. The lowest BCUT2D eigenvalue weighted by molar-refractivity contribution is 0.521. The smallest absolute Gasteiger partial charge is 0.0434 e. The molecule has 0 spiro atoms. The predicted molar refractivity (Wildman–Crippen MR) is 189 cm³/mol. The van der Waals surface area contributed by atoms with Crippen LogP contribution < -0.4 is 0 Å². The van der Waals surface area contributed by atoms with Gasteiger partial charge in [0.25, 0.3) is 0 Å². The van der Waals surface area contributed by atoms with E-state index in [1.807, 2.05) is 11.3 Å². The molecule has 2 aliphatic rings. The molecular formula is C43H30S. The minimum Gasteiger partial charge on any atom is -0.134 e. The highest BCUT2D eigenvalue weighted by Crippen LogP contribution is 2.54. The molecule has 1 aromatic heterocycles. The third-order valence-electron chi connectivity index (χ3n) is 9.78. The van der Waals surface area contributed by atoms with E-state index < -0.39 is 0 Å². The number of benzene rings is 6. The maximum Gasteiger partial charge on any atom is 0.0434 e. The third kappa shape index (κ3) is 3.76. The van der Waals surface area contributed by atoms with Crippen LogP contribution in [0.1, 0.15) is 29.5 Å². The molecule has 0 nitrogen and oxygen atoms in total. The summed E-state index contributed by atoms with van der Waals surface area (Å²) in [5.41, 5.74) is 13.1. The van der Waals surface area contributed by atoms with Gasteiger partial charge in [-0.2, -0.15) is 0 Å². The molecule has 44 heavy (non-hydrogen) atoms. The fraction of sp³-hybridized carbons (Fsp3) is 0.0698. The predicted octanol–water partition coefficient (Wildman–Crippen LogP) is 12.1. The maximum atomic E-state index is 2.53. The molecule has 1 heteroatoms. The van der Waals surface area contributed by atoms with Crippen molar-refractivity contribution in [2.75, 3.05) is 0 Å². The average Bonchev–Trinajstić information content (AvgIpc) is 3.48. The molecule has 2 atom stereocenters. The van der Waals surface area contributed by atoms with Crippen LogP contribution in [0.4, 0.5) is 0 Å². The van der Waals surface area contributed by atoms with Gasteiger partial charge in [0.1, 0.15) is 0 Å². The number of fused-ring (bicyclic) bond motifs is 9. The summed E-state index contributed by atoms with van der Waals surface area (Å²) in [6.07, 6.45) is 7.31. The van der Waals surface area contributed by atoms with E-state index in [2.05, 4.69) is 165 Å². The highest BCUT2D eigenvalue weighted by atomic mass is 32.1. The van der Waals surface area contributed by atoms with E-state index in [1.165, 1.54) is 75.8 Å². The number of allylic oxidation sites excluding steroid dienone is 4. The Bertz CT molecular complexity index is 2300. The Morgan fingerprint density at radius 2 is 1.11 bits per heavy atom. The molecule has 0 amide bonds. The highest BCUT2D eigenvalue weighted by molar-refractivity contribution is 7.26. The fourth-order valence-electron chi connectivity index (χ4n) is 7.67. The van der Waals surface area contributed by atoms with Crippen molar-refractivity contribution in [3.8, 4) is 33.4 Å². The van der Waals surface area contributed by atoms with E-state index in [0.29, 0.717) is 5.92 Å². The Hall–Kier alpha value is -4.98. The van der Waals surface area contributed by atoms with Gasteiger partial charge in [-0.05, 0) is 61.7 Å². The lowest BCUT2D eigenvalue weighted by Gasteiger charge is -2.43. The van der Waals surface area contributed by atoms with Gasteiger partial charge < -0.3 is 0 Å². The first kappa shape index (κ1) is 25.5. The number of thiophene rings is 1. The topological polar surface area (TPSA) is 0 Å². The van der Waals surface area contributed by atoms with E-state index in [1.54, 1.807) is 0 Å². The van der Waals surface area contributed by atoms with Crippen LogP contribution in [0.5, 0.6) is 0 Å². The van der Waals surface area contributed by atoms with Gasteiger partial charge in [0, 0.05) is 31.5 Å². The first-order valence-corrected chi connectivity index (χ1v) is 16.2. The van der Waals surface area contributed by atoms with Crippen LogP contribution in [0.3, 0.4) is 0 Å². The summed E-state index contributed by atoms with van der Waals surface area (Å²) in [5, 5.41) is 2.66. The molecule has 0 aliphatic heterocycles. The van der Waals surface area contributed by atoms with Gasteiger partial charge in [0.2, 0.25) is 0 Å². The molecule has 0 N–H and O–H groups in total. The fourth-order valence-corrected chi connectivity index (χ4v) is 9.04. The van der Waals surface area contributed by atoms with Crippen molar-refractivity contribution in [2.45, 2.75) is 18.3 Å². The summed E-state index contributed by atoms with van der Waals surface area (Å²) in [6.45, 7) is 2.42. The van der Waals surface area contributed by atoms with Crippen LogP contribution in [-0.4, -0.2) is 0 Å². The largest absolute Gasteiger partial charge is 0.134 e. The number of hydrogen-bond acceptors (Lipinski definition) is 1. The Labute approximate surface area is 262 Å². The van der Waals surface area contributed by atoms with Crippen molar-refractivity contribution < 1.29 is 0 Å². The standard InChI is InChI=1S/C43H30S/c1-43-27-31(24-25-40(43)36-17-6-5-16-34(36)35-18-7-8-23-39(35)43)29-14-9-15-30(26-29)33-20-11-22-38-37-21-10-19-32(41(37)44-42(33)38)28-12-3-2-4-13-28/h2-27,40H,1H3. The molecular weight excluding hydrogens is 549 g/mol. The van der Waals surface area contributed by atoms with Gasteiger partial charge >= 0.3 is 0 Å². The Morgan fingerprint density at radius 1 is 0.523 bits per heavy atom. The molecule has 2 unspecified atom stereocenters. The van der Waals surface area contributed by atoms with Crippen molar-refractivity contribution in [3.05, 3.63) is 174 Å². The molecule has 2 aliphatic carbocycles. The normalized spacial score (nSPS) is 18.5. The van der Waals surface area contributed by atoms with Crippen molar-refractivity contribution in [3.63, 3.8) is 0 Å². The Kier molecular flexibility index (Phi) is 5.67. The molecule has 0 bridgehead atoms. The summed E-state index contributed by atoms with van der Waals surface area (Å²) < 4.78 is 2.70. The lowest BCUT2D eigenvalue weighted by Crippen LogP contribution is -2.33. The van der Waals surface area contributed by atoms with Crippen molar-refractivity contribution in [2.24, 2.45) is 0 Å². The first-order valence-electron chi connectivity index (χ1n) is 15.4. The molecule has 0 saturated heterocycles. The SMILES string of the molecule is CC12C=C(c3cccc(-c4cccc5c4sc4c(-c6ccccc6)cccc45)c3)C=CC1c1ccccc1-c1ccccc12. The van der Waals surface area contributed by atoms with Gasteiger partial charge in [0.15, 0.2) is 0 Å². The molecule has 1 heterocycles. The van der Waals surface area contributed by atoms with E-state index in [9.17, 15) is 0 Å². The summed E-state index contributed by atoms with van der Waals surface area (Å²) >= 11 is 1.92. The van der Waals surface area contributed by atoms with E-state index in [-0.39, 0.29) is 5.41 Å². The zero-order valence-corrected chi connectivity index (χ0v) is 25.3. The number of rotatable bonds is 3. The van der Waals surface area contributed by atoms with Crippen LogP contribution in [0.25, 0.3) is 59.1 Å². The molecule has 6 aromatic carbocycles. The van der Waals surface area contributed by atoms with Crippen LogP contribution in [0.2, 0.25) is 0 Å². The van der Waals surface area contributed by atoms with Gasteiger partial charge in [-0.25, -0.2) is 0 Å². The summed E-state index contributed by atoms with van der Waals surface area (Å²) in [7, 11) is 0. The minimum atomic E-state index is -0.121. The van der Waals surface area contributed by atoms with Gasteiger partial charge in [-0.1, -0.05) is 159 Å². The third-order valence-corrected chi connectivity index (χ3v) is 11.1. The summed E-state index contributed by atoms with van der Waals surface area (Å²) in [5.74, 6) is 0.312. The quantitative estimate of drug-likeness (QED) is 0.196. The van der Waals surface area contributed by atoms with Crippen molar-refractivity contribution >= 4 is 37.1 Å². The average molecular weight is 579 g/mol. The first-order chi connectivity index (χ1) is 21.7. The molecule has 0 radical (unpaired) electrons. The summed E-state index contributed by atoms with van der Waals surface area (Å²) in [4.78, 5) is 0. The monoisotopic (exact) mass is 578 g/mol. The molecule has 9 rings (SSSR count). The number of hydrogen-bond donors (Lipinski definition) is 0. The van der Waals surface area contributed by atoms with E-state index >= 15 is 0 Å². The second kappa shape index (κ2) is 9.77.